The van der Waals surface area contributed by atoms with Crippen LogP contribution >= 0.6 is 23.1 Å². The lowest BCUT2D eigenvalue weighted by atomic mass is 9.95. The molecule has 1 saturated heterocycles. The predicted octanol–water partition coefficient (Wildman–Crippen LogP) is 4.39. The molecule has 1 aromatic heterocycles. The molecule has 2 nitrogen and oxygen atoms in total. The fourth-order valence-corrected chi connectivity index (χ4v) is 4.65. The van der Waals surface area contributed by atoms with Crippen molar-refractivity contribution in [3.63, 3.8) is 0 Å². The van der Waals surface area contributed by atoms with E-state index in [4.69, 9.17) is 0 Å². The van der Waals surface area contributed by atoms with Crippen LogP contribution in [0.15, 0.2) is 47.8 Å². The predicted molar refractivity (Wildman–Crippen MR) is 95.5 cm³/mol. The summed E-state index contributed by atoms with van der Waals surface area (Å²) in [6.07, 6.45) is 2.21. The quantitative estimate of drug-likeness (QED) is 0.810. The number of hydrogen-bond donors (Lipinski definition) is 0. The molecular formula is C18H21NOS2. The van der Waals surface area contributed by atoms with Gasteiger partial charge in [0.1, 0.15) is 0 Å². The third-order valence-corrected chi connectivity index (χ3v) is 6.15. The summed E-state index contributed by atoms with van der Waals surface area (Å²) < 4.78 is 0. The van der Waals surface area contributed by atoms with E-state index in [1.54, 1.807) is 11.8 Å². The van der Waals surface area contributed by atoms with Crippen LogP contribution in [0.25, 0.3) is 0 Å². The summed E-state index contributed by atoms with van der Waals surface area (Å²) in [6, 6.07) is 14.7. The number of thioether (sulfide) groups is 1. The van der Waals surface area contributed by atoms with Crippen molar-refractivity contribution < 1.29 is 4.79 Å². The van der Waals surface area contributed by atoms with Crippen LogP contribution in [-0.4, -0.2) is 29.6 Å². The maximum Gasteiger partial charge on any atom is 0.232 e. The summed E-state index contributed by atoms with van der Waals surface area (Å²) >= 11 is 3.56. The first kappa shape index (κ1) is 15.6. The van der Waals surface area contributed by atoms with E-state index in [0.29, 0.717) is 17.6 Å². The lowest BCUT2D eigenvalue weighted by Crippen LogP contribution is -2.38. The molecule has 3 rings (SSSR count). The summed E-state index contributed by atoms with van der Waals surface area (Å²) in [4.78, 5) is 15.8. The van der Waals surface area contributed by atoms with E-state index in [-0.39, 0.29) is 0 Å². The molecular weight excluding hydrogens is 310 g/mol. The van der Waals surface area contributed by atoms with Crippen molar-refractivity contribution in [3.8, 4) is 0 Å². The third kappa shape index (κ3) is 4.14. The average molecular weight is 332 g/mol. The van der Waals surface area contributed by atoms with Crippen LogP contribution in [0.5, 0.6) is 0 Å². The molecule has 4 heteroatoms. The molecule has 0 unspecified atom stereocenters. The summed E-state index contributed by atoms with van der Waals surface area (Å²) in [5, 5.41) is 2.15. The van der Waals surface area contributed by atoms with E-state index in [1.807, 2.05) is 34.4 Å². The second-order valence-electron chi connectivity index (χ2n) is 5.65. The maximum absolute atomic E-state index is 12.3. The molecule has 0 N–H and O–H groups in total. The monoisotopic (exact) mass is 331 g/mol. The van der Waals surface area contributed by atoms with Gasteiger partial charge in [-0.15, -0.1) is 23.1 Å². The highest BCUT2D eigenvalue weighted by Crippen LogP contribution is 2.31. The number of hydrogen-bond acceptors (Lipinski definition) is 3. The molecule has 22 heavy (non-hydrogen) atoms. The van der Waals surface area contributed by atoms with Crippen LogP contribution in [0, 0.1) is 0 Å². The van der Waals surface area contributed by atoms with Crippen LogP contribution in [-0.2, 0) is 10.5 Å². The van der Waals surface area contributed by atoms with Crippen molar-refractivity contribution in [2.24, 2.45) is 0 Å². The van der Waals surface area contributed by atoms with Gasteiger partial charge in [-0.2, -0.15) is 0 Å². The Morgan fingerprint density at radius 3 is 2.59 bits per heavy atom. The fourth-order valence-electron chi connectivity index (χ4n) is 2.86. The Morgan fingerprint density at radius 2 is 1.91 bits per heavy atom. The van der Waals surface area contributed by atoms with Gasteiger partial charge in [-0.3, -0.25) is 4.79 Å². The molecule has 0 radical (unpaired) electrons. The number of thiophene rings is 1. The zero-order valence-corrected chi connectivity index (χ0v) is 14.2. The highest BCUT2D eigenvalue weighted by Gasteiger charge is 2.23. The van der Waals surface area contributed by atoms with Gasteiger partial charge >= 0.3 is 0 Å². The molecule has 1 aliphatic rings. The summed E-state index contributed by atoms with van der Waals surface area (Å²) in [5.74, 6) is 2.46. The molecule has 1 amide bonds. The van der Waals surface area contributed by atoms with Crippen LogP contribution in [0.3, 0.4) is 0 Å². The Morgan fingerprint density at radius 1 is 1.14 bits per heavy atom. The zero-order chi connectivity index (χ0) is 15.2. The minimum atomic E-state index is 0.297. The fraction of sp³-hybridized carbons (Fsp3) is 0.389. The Bertz CT molecular complexity index is 574. The summed E-state index contributed by atoms with van der Waals surface area (Å²) in [5.41, 5.74) is 1.29. The van der Waals surface area contributed by atoms with Crippen LogP contribution in [0.2, 0.25) is 0 Å². The number of rotatable bonds is 5. The Hall–Kier alpha value is -1.26. The van der Waals surface area contributed by atoms with Crippen molar-refractivity contribution in [2.75, 3.05) is 18.8 Å². The first-order valence-electron chi connectivity index (χ1n) is 7.76. The largest absolute Gasteiger partial charge is 0.342 e. The van der Waals surface area contributed by atoms with Crippen molar-refractivity contribution in [1.29, 1.82) is 0 Å². The van der Waals surface area contributed by atoms with E-state index in [9.17, 15) is 4.79 Å². The van der Waals surface area contributed by atoms with E-state index in [1.165, 1.54) is 10.4 Å². The second kappa shape index (κ2) is 7.84. The van der Waals surface area contributed by atoms with Crippen LogP contribution in [0.4, 0.5) is 0 Å². The SMILES string of the molecule is O=C(CSCc1ccccc1)N1CCC(c2cccs2)CC1. The van der Waals surface area contributed by atoms with Crippen molar-refractivity contribution in [2.45, 2.75) is 24.5 Å². The first-order chi connectivity index (χ1) is 10.8. The molecule has 0 spiro atoms. The number of nitrogens with zero attached hydrogens (tertiary/aromatic N) is 1. The molecule has 0 bridgehead atoms. The Labute approximate surface area is 140 Å². The number of likely N-dealkylation sites (tertiary alicyclic amines) is 1. The van der Waals surface area contributed by atoms with Gasteiger partial charge in [-0.1, -0.05) is 36.4 Å². The molecule has 116 valence electrons. The van der Waals surface area contributed by atoms with Gasteiger partial charge in [-0.05, 0) is 35.8 Å². The third-order valence-electron chi connectivity index (χ3n) is 4.13. The number of benzene rings is 1. The number of piperidine rings is 1. The van der Waals surface area contributed by atoms with E-state index in [2.05, 4.69) is 29.6 Å². The summed E-state index contributed by atoms with van der Waals surface area (Å²) in [6.45, 7) is 1.82. The standard InChI is InChI=1S/C18H21NOS2/c20-18(14-21-13-15-5-2-1-3-6-15)19-10-8-16(9-11-19)17-7-4-12-22-17/h1-7,12,16H,8-11,13-14H2. The average Bonchev–Trinajstić information content (AvgIpc) is 3.10. The molecule has 0 saturated carbocycles. The minimum Gasteiger partial charge on any atom is -0.342 e. The molecule has 2 aromatic rings. The molecule has 1 fully saturated rings. The van der Waals surface area contributed by atoms with Crippen molar-refractivity contribution in [1.82, 2.24) is 4.90 Å². The highest BCUT2D eigenvalue weighted by molar-refractivity contribution is 7.99. The lowest BCUT2D eigenvalue weighted by Gasteiger charge is -2.31. The first-order valence-corrected chi connectivity index (χ1v) is 9.79. The summed E-state index contributed by atoms with van der Waals surface area (Å²) in [7, 11) is 0. The van der Waals surface area contributed by atoms with Crippen LogP contribution in [0.1, 0.15) is 29.2 Å². The van der Waals surface area contributed by atoms with Gasteiger partial charge in [-0.25, -0.2) is 0 Å². The van der Waals surface area contributed by atoms with Gasteiger partial charge in [0.2, 0.25) is 5.91 Å². The van der Waals surface area contributed by atoms with E-state index < -0.39 is 0 Å². The Kier molecular flexibility index (Phi) is 5.57. The minimum absolute atomic E-state index is 0.297. The van der Waals surface area contributed by atoms with Gasteiger partial charge in [0.05, 0.1) is 5.75 Å². The lowest BCUT2D eigenvalue weighted by molar-refractivity contribution is -0.129. The molecule has 1 aromatic carbocycles. The molecule has 0 aliphatic carbocycles. The van der Waals surface area contributed by atoms with Gasteiger partial charge in [0.25, 0.3) is 0 Å². The smallest absolute Gasteiger partial charge is 0.232 e. The van der Waals surface area contributed by atoms with E-state index in [0.717, 1.165) is 31.7 Å². The van der Waals surface area contributed by atoms with Gasteiger partial charge in [0, 0.05) is 23.7 Å². The molecule has 0 atom stereocenters. The van der Waals surface area contributed by atoms with E-state index >= 15 is 0 Å². The molecule has 1 aliphatic heterocycles. The normalized spacial score (nSPS) is 15.9. The Balaban J connectivity index is 1.40. The van der Waals surface area contributed by atoms with Crippen molar-refractivity contribution >= 4 is 29.0 Å². The van der Waals surface area contributed by atoms with Crippen molar-refractivity contribution in [3.05, 3.63) is 58.3 Å². The molecule has 2 heterocycles. The number of carbonyl (C=O) groups excluding carboxylic acids is 1. The zero-order valence-electron chi connectivity index (χ0n) is 12.6. The van der Waals surface area contributed by atoms with Gasteiger partial charge < -0.3 is 4.90 Å². The number of amides is 1. The second-order valence-corrected chi connectivity index (χ2v) is 7.61. The maximum atomic E-state index is 12.3. The van der Waals surface area contributed by atoms with Crippen LogP contribution < -0.4 is 0 Å². The number of carbonyl (C=O) groups is 1. The highest BCUT2D eigenvalue weighted by atomic mass is 32.2. The topological polar surface area (TPSA) is 20.3 Å². The van der Waals surface area contributed by atoms with Gasteiger partial charge in [0.15, 0.2) is 0 Å².